The summed E-state index contributed by atoms with van der Waals surface area (Å²) in [6, 6.07) is 9.79. The van der Waals surface area contributed by atoms with Gasteiger partial charge in [-0.15, -0.1) is 5.10 Å². The number of piperazine rings is 1. The largest absolute Gasteiger partial charge is 0.368 e. The molecule has 6 heteroatoms. The van der Waals surface area contributed by atoms with Gasteiger partial charge in [0.2, 0.25) is 0 Å². The third-order valence-corrected chi connectivity index (χ3v) is 3.55. The summed E-state index contributed by atoms with van der Waals surface area (Å²) >= 11 is 0. The van der Waals surface area contributed by atoms with Crippen LogP contribution in [0.3, 0.4) is 0 Å². The molecule has 1 aromatic heterocycles. The maximum absolute atomic E-state index is 12.9. The molecule has 0 bridgehead atoms. The first kappa shape index (κ1) is 13.5. The molecule has 0 unspecified atom stereocenters. The minimum atomic E-state index is -0.241. The molecular weight excluding hydrogens is 271 g/mol. The van der Waals surface area contributed by atoms with E-state index in [2.05, 4.69) is 15.1 Å². The second-order valence-corrected chi connectivity index (χ2v) is 4.86. The summed E-state index contributed by atoms with van der Waals surface area (Å²) in [5.41, 5.74) is 1.34. The summed E-state index contributed by atoms with van der Waals surface area (Å²) in [7, 11) is 0. The number of carbonyl (C=O) groups excluding carboxylic acids is 1. The molecule has 3 rings (SSSR count). The van der Waals surface area contributed by atoms with Crippen LogP contribution in [0.4, 0.5) is 10.1 Å². The van der Waals surface area contributed by atoms with Crippen LogP contribution < -0.4 is 4.90 Å². The highest BCUT2D eigenvalue weighted by molar-refractivity contribution is 5.92. The number of hydrogen-bond donors (Lipinski definition) is 0. The van der Waals surface area contributed by atoms with Crippen molar-refractivity contribution < 1.29 is 9.18 Å². The van der Waals surface area contributed by atoms with Gasteiger partial charge in [0.25, 0.3) is 5.91 Å². The Morgan fingerprint density at radius 2 is 1.76 bits per heavy atom. The van der Waals surface area contributed by atoms with Gasteiger partial charge in [0.05, 0.1) is 0 Å². The van der Waals surface area contributed by atoms with Crippen molar-refractivity contribution in [3.05, 3.63) is 54.1 Å². The third-order valence-electron chi connectivity index (χ3n) is 3.55. The van der Waals surface area contributed by atoms with Gasteiger partial charge < -0.3 is 9.80 Å². The summed E-state index contributed by atoms with van der Waals surface area (Å²) in [6.45, 7) is 2.68. The Morgan fingerprint density at radius 1 is 1.05 bits per heavy atom. The molecule has 0 N–H and O–H groups in total. The van der Waals surface area contributed by atoms with Gasteiger partial charge in [-0.2, -0.15) is 5.10 Å². The first-order chi connectivity index (χ1) is 10.2. The topological polar surface area (TPSA) is 49.3 Å². The van der Waals surface area contributed by atoms with Crippen molar-refractivity contribution in [1.29, 1.82) is 0 Å². The number of anilines is 1. The summed E-state index contributed by atoms with van der Waals surface area (Å²) < 4.78 is 12.9. The highest BCUT2D eigenvalue weighted by Gasteiger charge is 2.23. The van der Waals surface area contributed by atoms with E-state index in [1.807, 2.05) is 0 Å². The Kier molecular flexibility index (Phi) is 3.77. The predicted octanol–water partition coefficient (Wildman–Crippen LogP) is 1.58. The number of aromatic nitrogens is 2. The fraction of sp³-hybridized carbons (Fsp3) is 0.267. The van der Waals surface area contributed by atoms with Crippen LogP contribution in [0.2, 0.25) is 0 Å². The summed E-state index contributed by atoms with van der Waals surface area (Å²) in [6.07, 6.45) is 1.54. The van der Waals surface area contributed by atoms with Crippen LogP contribution in [0.15, 0.2) is 42.6 Å². The van der Waals surface area contributed by atoms with Gasteiger partial charge >= 0.3 is 0 Å². The van der Waals surface area contributed by atoms with E-state index in [0.717, 1.165) is 18.8 Å². The average molecular weight is 286 g/mol. The van der Waals surface area contributed by atoms with Crippen LogP contribution in [0.5, 0.6) is 0 Å². The number of benzene rings is 1. The van der Waals surface area contributed by atoms with Crippen LogP contribution in [0, 0.1) is 5.82 Å². The highest BCUT2D eigenvalue weighted by atomic mass is 19.1. The zero-order valence-corrected chi connectivity index (χ0v) is 11.4. The van der Waals surface area contributed by atoms with Crippen molar-refractivity contribution in [2.24, 2.45) is 0 Å². The molecule has 0 spiro atoms. The molecule has 1 aromatic carbocycles. The molecule has 1 saturated heterocycles. The van der Waals surface area contributed by atoms with E-state index in [0.29, 0.717) is 18.8 Å². The Bertz CT molecular complexity index is 609. The van der Waals surface area contributed by atoms with Crippen molar-refractivity contribution in [3.8, 4) is 0 Å². The molecule has 1 amide bonds. The van der Waals surface area contributed by atoms with Crippen molar-refractivity contribution in [1.82, 2.24) is 15.1 Å². The molecule has 0 saturated carbocycles. The summed E-state index contributed by atoms with van der Waals surface area (Å²) in [5.74, 6) is -0.336. The van der Waals surface area contributed by atoms with Gasteiger partial charge in [-0.25, -0.2) is 4.39 Å². The zero-order valence-electron chi connectivity index (χ0n) is 11.4. The maximum atomic E-state index is 12.9. The van der Waals surface area contributed by atoms with Crippen LogP contribution in [-0.2, 0) is 0 Å². The summed E-state index contributed by atoms with van der Waals surface area (Å²) in [4.78, 5) is 16.1. The quantitative estimate of drug-likeness (QED) is 0.841. The van der Waals surface area contributed by atoms with Gasteiger partial charge in [0.1, 0.15) is 5.82 Å². The van der Waals surface area contributed by atoms with Crippen LogP contribution in [0.25, 0.3) is 0 Å². The Labute approximate surface area is 122 Å². The summed E-state index contributed by atoms with van der Waals surface area (Å²) in [5, 5.41) is 7.57. The number of rotatable bonds is 2. The minimum Gasteiger partial charge on any atom is -0.368 e. The number of nitrogens with zero attached hydrogens (tertiary/aromatic N) is 4. The average Bonchev–Trinajstić information content (AvgIpc) is 2.56. The monoisotopic (exact) mass is 286 g/mol. The molecular formula is C15H15FN4O. The number of amides is 1. The lowest BCUT2D eigenvalue weighted by molar-refractivity contribution is 0.0739. The van der Waals surface area contributed by atoms with Gasteiger partial charge in [0, 0.05) is 38.1 Å². The van der Waals surface area contributed by atoms with E-state index in [9.17, 15) is 9.18 Å². The van der Waals surface area contributed by atoms with E-state index >= 15 is 0 Å². The molecule has 2 heterocycles. The smallest absolute Gasteiger partial charge is 0.274 e. The van der Waals surface area contributed by atoms with E-state index in [1.54, 1.807) is 35.4 Å². The molecule has 1 aliphatic rings. The fourth-order valence-electron chi connectivity index (χ4n) is 2.40. The lowest BCUT2D eigenvalue weighted by Gasteiger charge is -2.35. The van der Waals surface area contributed by atoms with Crippen LogP contribution >= 0.6 is 0 Å². The third kappa shape index (κ3) is 2.99. The van der Waals surface area contributed by atoms with Gasteiger partial charge in [-0.3, -0.25) is 4.79 Å². The van der Waals surface area contributed by atoms with E-state index in [4.69, 9.17) is 0 Å². The van der Waals surface area contributed by atoms with Gasteiger partial charge in [-0.05, 0) is 36.4 Å². The molecule has 0 atom stereocenters. The van der Waals surface area contributed by atoms with Crippen molar-refractivity contribution in [2.45, 2.75) is 0 Å². The van der Waals surface area contributed by atoms with Crippen molar-refractivity contribution in [3.63, 3.8) is 0 Å². The Morgan fingerprint density at radius 3 is 2.38 bits per heavy atom. The Balaban J connectivity index is 1.63. The van der Waals surface area contributed by atoms with Gasteiger partial charge in [-0.1, -0.05) is 0 Å². The molecule has 108 valence electrons. The molecule has 2 aromatic rings. The molecule has 5 nitrogen and oxygen atoms in total. The molecule has 0 radical (unpaired) electrons. The lowest BCUT2D eigenvalue weighted by Crippen LogP contribution is -2.49. The molecule has 1 fully saturated rings. The molecule has 21 heavy (non-hydrogen) atoms. The van der Waals surface area contributed by atoms with Crippen LogP contribution in [-0.4, -0.2) is 47.2 Å². The minimum absolute atomic E-state index is 0.0955. The first-order valence-electron chi connectivity index (χ1n) is 6.81. The molecule has 0 aliphatic carbocycles. The number of carbonyl (C=O) groups is 1. The second kappa shape index (κ2) is 5.87. The van der Waals surface area contributed by atoms with Gasteiger partial charge in [0.15, 0.2) is 5.69 Å². The zero-order chi connectivity index (χ0) is 14.7. The SMILES string of the molecule is O=C(c1cccnn1)N1CCN(c2ccc(F)cc2)CC1. The maximum Gasteiger partial charge on any atom is 0.274 e. The van der Waals surface area contributed by atoms with E-state index < -0.39 is 0 Å². The number of hydrogen-bond acceptors (Lipinski definition) is 4. The van der Waals surface area contributed by atoms with E-state index in [1.165, 1.54) is 12.1 Å². The lowest BCUT2D eigenvalue weighted by atomic mass is 10.2. The predicted molar refractivity (Wildman–Crippen MR) is 76.5 cm³/mol. The van der Waals surface area contributed by atoms with Crippen molar-refractivity contribution >= 4 is 11.6 Å². The standard InChI is InChI=1S/C15H15FN4O/c16-12-3-5-13(6-4-12)19-8-10-20(11-9-19)15(21)14-2-1-7-17-18-14/h1-7H,8-11H2. The highest BCUT2D eigenvalue weighted by Crippen LogP contribution is 2.17. The first-order valence-corrected chi connectivity index (χ1v) is 6.81. The van der Waals surface area contributed by atoms with E-state index in [-0.39, 0.29) is 11.7 Å². The second-order valence-electron chi connectivity index (χ2n) is 4.86. The number of halogens is 1. The normalized spacial score (nSPS) is 15.1. The molecule has 1 aliphatic heterocycles. The fourth-order valence-corrected chi connectivity index (χ4v) is 2.40. The van der Waals surface area contributed by atoms with Crippen LogP contribution in [0.1, 0.15) is 10.5 Å². The van der Waals surface area contributed by atoms with Crippen molar-refractivity contribution in [2.75, 3.05) is 31.1 Å². The Hall–Kier alpha value is -2.50.